The molecule has 1 aromatic rings. The van der Waals surface area contributed by atoms with E-state index >= 15 is 0 Å². The van der Waals surface area contributed by atoms with E-state index in [4.69, 9.17) is 0 Å². The Bertz CT molecular complexity index is 587. The number of likely N-dealkylation sites (N-methyl/N-ethyl adjacent to an activating group) is 1. The molecular formula is C18H30N6O. The number of nitrogens with zero attached hydrogens (tertiary/aromatic N) is 4. The maximum Gasteiger partial charge on any atom is 0.242 e. The molecule has 25 heavy (non-hydrogen) atoms. The minimum atomic E-state index is 0.172. The lowest BCUT2D eigenvalue weighted by Crippen LogP contribution is -2.49. The first-order valence-electron chi connectivity index (χ1n) is 9.49. The molecule has 1 unspecified atom stereocenters. The van der Waals surface area contributed by atoms with Crippen LogP contribution in [-0.2, 0) is 11.3 Å². The second kappa shape index (κ2) is 8.47. The van der Waals surface area contributed by atoms with Gasteiger partial charge in [-0.15, -0.1) is 0 Å². The van der Waals surface area contributed by atoms with Gasteiger partial charge in [0.2, 0.25) is 5.91 Å². The van der Waals surface area contributed by atoms with E-state index in [0.29, 0.717) is 13.1 Å². The number of carbonyl (C=O) groups excluding carboxylic acids is 1. The SMILES string of the molecule is CCCCCNc1ncnc2c1CN(C1CCCNC1)C(=O)CN2C. The molecule has 0 saturated carbocycles. The van der Waals surface area contributed by atoms with Gasteiger partial charge in [-0.1, -0.05) is 19.8 Å². The first kappa shape index (κ1) is 17.9. The number of carbonyl (C=O) groups is 1. The van der Waals surface area contributed by atoms with Crippen molar-refractivity contribution in [1.29, 1.82) is 0 Å². The van der Waals surface area contributed by atoms with Crippen LogP contribution in [0.4, 0.5) is 11.6 Å². The second-order valence-corrected chi connectivity index (χ2v) is 7.04. The average Bonchev–Trinajstić information content (AvgIpc) is 2.76. The third-order valence-corrected chi connectivity index (χ3v) is 5.09. The van der Waals surface area contributed by atoms with Crippen LogP contribution in [0, 0.1) is 0 Å². The number of anilines is 2. The summed E-state index contributed by atoms with van der Waals surface area (Å²) in [5.41, 5.74) is 1.04. The zero-order chi connectivity index (χ0) is 17.6. The van der Waals surface area contributed by atoms with Crippen molar-refractivity contribution in [3.8, 4) is 0 Å². The van der Waals surface area contributed by atoms with Crippen molar-refractivity contribution in [3.05, 3.63) is 11.9 Å². The van der Waals surface area contributed by atoms with E-state index in [9.17, 15) is 4.79 Å². The highest BCUT2D eigenvalue weighted by Gasteiger charge is 2.32. The van der Waals surface area contributed by atoms with Gasteiger partial charge >= 0.3 is 0 Å². The van der Waals surface area contributed by atoms with Crippen molar-refractivity contribution in [3.63, 3.8) is 0 Å². The number of piperidine rings is 1. The van der Waals surface area contributed by atoms with Crippen LogP contribution in [0.2, 0.25) is 0 Å². The summed E-state index contributed by atoms with van der Waals surface area (Å²) in [5, 5.41) is 6.88. The summed E-state index contributed by atoms with van der Waals surface area (Å²) < 4.78 is 0. The Hall–Kier alpha value is -1.89. The van der Waals surface area contributed by atoms with E-state index in [0.717, 1.165) is 56.1 Å². The van der Waals surface area contributed by atoms with Gasteiger partial charge < -0.3 is 20.4 Å². The number of amides is 1. The monoisotopic (exact) mass is 346 g/mol. The van der Waals surface area contributed by atoms with Crippen LogP contribution in [0.5, 0.6) is 0 Å². The number of hydrogen-bond donors (Lipinski definition) is 2. The van der Waals surface area contributed by atoms with Crippen LogP contribution in [0.15, 0.2) is 6.33 Å². The van der Waals surface area contributed by atoms with Crippen molar-refractivity contribution < 1.29 is 4.79 Å². The summed E-state index contributed by atoms with van der Waals surface area (Å²) in [6, 6.07) is 0.258. The molecule has 1 amide bonds. The Kier molecular flexibility index (Phi) is 6.07. The molecule has 0 bridgehead atoms. The lowest BCUT2D eigenvalue weighted by Gasteiger charge is -2.34. The third-order valence-electron chi connectivity index (χ3n) is 5.09. The number of fused-ring (bicyclic) bond motifs is 1. The van der Waals surface area contributed by atoms with Gasteiger partial charge in [-0.05, 0) is 25.8 Å². The molecule has 2 aliphatic rings. The fourth-order valence-corrected chi connectivity index (χ4v) is 3.67. The predicted molar refractivity (Wildman–Crippen MR) is 99.8 cm³/mol. The van der Waals surface area contributed by atoms with E-state index in [1.54, 1.807) is 6.33 Å². The molecule has 0 aromatic carbocycles. The van der Waals surface area contributed by atoms with Gasteiger partial charge in [-0.2, -0.15) is 0 Å². The summed E-state index contributed by atoms with van der Waals surface area (Å²) in [4.78, 5) is 25.7. The Morgan fingerprint density at radius 1 is 1.32 bits per heavy atom. The summed E-state index contributed by atoms with van der Waals surface area (Å²) in [5.74, 6) is 1.91. The lowest BCUT2D eigenvalue weighted by atomic mass is 10.0. The fraction of sp³-hybridized carbons (Fsp3) is 0.722. The number of aromatic nitrogens is 2. The van der Waals surface area contributed by atoms with Crippen molar-refractivity contribution in [2.45, 2.75) is 51.6 Å². The fourth-order valence-electron chi connectivity index (χ4n) is 3.67. The second-order valence-electron chi connectivity index (χ2n) is 7.04. The van der Waals surface area contributed by atoms with Crippen molar-refractivity contribution >= 4 is 17.5 Å². The van der Waals surface area contributed by atoms with Crippen molar-refractivity contribution in [1.82, 2.24) is 20.2 Å². The molecule has 2 N–H and O–H groups in total. The number of hydrogen-bond acceptors (Lipinski definition) is 6. The Balaban J connectivity index is 1.82. The highest BCUT2D eigenvalue weighted by molar-refractivity contribution is 5.84. The van der Waals surface area contributed by atoms with Gasteiger partial charge in [-0.25, -0.2) is 9.97 Å². The van der Waals surface area contributed by atoms with Crippen LogP contribution in [0.3, 0.4) is 0 Å². The van der Waals surface area contributed by atoms with Crippen LogP contribution < -0.4 is 15.5 Å². The van der Waals surface area contributed by atoms with Gasteiger partial charge in [0.1, 0.15) is 18.0 Å². The van der Waals surface area contributed by atoms with Crippen LogP contribution in [0.25, 0.3) is 0 Å². The lowest BCUT2D eigenvalue weighted by molar-refractivity contribution is -0.132. The number of nitrogens with one attached hydrogen (secondary N) is 2. The summed E-state index contributed by atoms with van der Waals surface area (Å²) in [7, 11) is 1.94. The van der Waals surface area contributed by atoms with Gasteiger partial charge in [0.15, 0.2) is 0 Å². The third kappa shape index (κ3) is 4.21. The molecule has 1 fully saturated rings. The van der Waals surface area contributed by atoms with Gasteiger partial charge in [0.05, 0.1) is 18.7 Å². The molecule has 0 spiro atoms. The normalized spacial score (nSPS) is 21.0. The van der Waals surface area contributed by atoms with E-state index in [1.807, 2.05) is 16.8 Å². The number of unbranched alkanes of at least 4 members (excludes halogenated alkanes) is 2. The van der Waals surface area contributed by atoms with Gasteiger partial charge in [0, 0.05) is 26.2 Å². The Morgan fingerprint density at radius 3 is 2.96 bits per heavy atom. The molecule has 1 aromatic heterocycles. The molecular weight excluding hydrogens is 316 g/mol. The zero-order valence-corrected chi connectivity index (χ0v) is 15.4. The largest absolute Gasteiger partial charge is 0.370 e. The first-order chi connectivity index (χ1) is 12.2. The molecule has 7 nitrogen and oxygen atoms in total. The van der Waals surface area contributed by atoms with E-state index in [-0.39, 0.29) is 11.9 Å². The smallest absolute Gasteiger partial charge is 0.242 e. The topological polar surface area (TPSA) is 73.4 Å². The van der Waals surface area contributed by atoms with Crippen molar-refractivity contribution in [2.24, 2.45) is 0 Å². The minimum Gasteiger partial charge on any atom is -0.370 e. The zero-order valence-electron chi connectivity index (χ0n) is 15.4. The number of rotatable bonds is 6. The maximum atomic E-state index is 12.8. The average molecular weight is 346 g/mol. The highest BCUT2D eigenvalue weighted by Crippen LogP contribution is 2.29. The Labute approximate surface area is 150 Å². The summed E-state index contributed by atoms with van der Waals surface area (Å²) >= 11 is 0. The minimum absolute atomic E-state index is 0.172. The molecule has 0 radical (unpaired) electrons. The first-order valence-corrected chi connectivity index (χ1v) is 9.49. The molecule has 7 heteroatoms. The van der Waals surface area contributed by atoms with Crippen molar-refractivity contribution in [2.75, 3.05) is 43.4 Å². The van der Waals surface area contributed by atoms with Gasteiger partial charge in [0.25, 0.3) is 0 Å². The standard InChI is InChI=1S/C18H30N6O/c1-3-4-5-9-20-17-15-11-24(14-7-6-8-19-10-14)16(25)12-23(2)18(15)22-13-21-17/h13-14,19H,3-12H2,1-2H3,(H,20,21,22). The Morgan fingerprint density at radius 2 is 2.20 bits per heavy atom. The summed E-state index contributed by atoms with van der Waals surface area (Å²) in [6.45, 7) is 5.98. The highest BCUT2D eigenvalue weighted by atomic mass is 16.2. The predicted octanol–water partition coefficient (Wildman–Crippen LogP) is 1.61. The molecule has 1 saturated heterocycles. The van der Waals surface area contributed by atoms with E-state index in [2.05, 4.69) is 27.5 Å². The van der Waals surface area contributed by atoms with E-state index in [1.165, 1.54) is 12.8 Å². The summed E-state index contributed by atoms with van der Waals surface area (Å²) in [6.07, 6.45) is 7.30. The maximum absolute atomic E-state index is 12.8. The van der Waals surface area contributed by atoms with Crippen LogP contribution >= 0.6 is 0 Å². The van der Waals surface area contributed by atoms with Gasteiger partial charge in [-0.3, -0.25) is 4.79 Å². The van der Waals surface area contributed by atoms with Crippen LogP contribution in [-0.4, -0.2) is 60.0 Å². The van der Waals surface area contributed by atoms with Crippen LogP contribution in [0.1, 0.15) is 44.6 Å². The molecule has 3 rings (SSSR count). The molecule has 3 heterocycles. The molecule has 1 atom stereocenters. The van der Waals surface area contributed by atoms with E-state index < -0.39 is 0 Å². The molecule has 138 valence electrons. The molecule has 2 aliphatic heterocycles. The molecule has 0 aliphatic carbocycles. The quantitative estimate of drug-likeness (QED) is 0.763.